The molecule has 22 heavy (non-hydrogen) atoms. The smallest absolute Gasteiger partial charge is 0.233 e. The molecule has 2 aromatic rings. The van der Waals surface area contributed by atoms with Crippen LogP contribution in [0.2, 0.25) is 0 Å². The number of anilines is 1. The predicted molar refractivity (Wildman–Crippen MR) is 84.4 cm³/mol. The molecule has 1 saturated heterocycles. The lowest BCUT2D eigenvalue weighted by Gasteiger charge is -2.25. The van der Waals surface area contributed by atoms with Gasteiger partial charge in [0.15, 0.2) is 5.82 Å². The van der Waals surface area contributed by atoms with Crippen molar-refractivity contribution in [1.29, 1.82) is 0 Å². The third-order valence-electron chi connectivity index (χ3n) is 3.90. The first-order chi connectivity index (χ1) is 10.8. The Kier molecular flexibility index (Phi) is 4.44. The summed E-state index contributed by atoms with van der Waals surface area (Å²) in [7, 11) is 1.74. The van der Waals surface area contributed by atoms with Crippen LogP contribution in [0.25, 0.3) is 11.3 Å². The van der Waals surface area contributed by atoms with Crippen LogP contribution in [0.4, 0.5) is 5.82 Å². The second kappa shape index (κ2) is 6.66. The van der Waals surface area contributed by atoms with Crippen LogP contribution in [-0.2, 0) is 9.53 Å². The molecule has 1 atom stereocenters. The van der Waals surface area contributed by atoms with Gasteiger partial charge in [-0.3, -0.25) is 9.69 Å². The molecule has 1 amide bonds. The Morgan fingerprint density at radius 2 is 2.00 bits per heavy atom. The standard InChI is InChI=1S/C17H19N3O2/c1-20(17(21)14-8-5-11-22-12-14)16-10-9-15(18-19-16)13-6-3-2-4-7-13/h2-4,6-7,9-10,14H,5,8,11-12H2,1H3. The van der Waals surface area contributed by atoms with Crippen molar-refractivity contribution in [2.45, 2.75) is 12.8 Å². The van der Waals surface area contributed by atoms with Gasteiger partial charge in [0.2, 0.25) is 5.91 Å². The van der Waals surface area contributed by atoms with Crippen molar-refractivity contribution in [1.82, 2.24) is 10.2 Å². The topological polar surface area (TPSA) is 55.3 Å². The Bertz CT molecular complexity index is 622. The lowest BCUT2D eigenvalue weighted by Crippen LogP contribution is -2.37. The van der Waals surface area contributed by atoms with Crippen LogP contribution >= 0.6 is 0 Å². The maximum absolute atomic E-state index is 12.4. The zero-order valence-electron chi connectivity index (χ0n) is 12.6. The van der Waals surface area contributed by atoms with Gasteiger partial charge in [0.1, 0.15) is 0 Å². The molecular formula is C17H19N3O2. The highest BCUT2D eigenvalue weighted by Crippen LogP contribution is 2.21. The van der Waals surface area contributed by atoms with Crippen molar-refractivity contribution in [2.24, 2.45) is 5.92 Å². The van der Waals surface area contributed by atoms with Gasteiger partial charge >= 0.3 is 0 Å². The first-order valence-corrected chi connectivity index (χ1v) is 7.50. The molecule has 0 spiro atoms. The highest BCUT2D eigenvalue weighted by atomic mass is 16.5. The summed E-state index contributed by atoms with van der Waals surface area (Å²) in [6, 6.07) is 13.6. The number of nitrogens with zero attached hydrogens (tertiary/aromatic N) is 3. The molecule has 1 unspecified atom stereocenters. The van der Waals surface area contributed by atoms with Gasteiger partial charge in [-0.2, -0.15) is 0 Å². The average Bonchev–Trinajstić information content (AvgIpc) is 2.62. The Morgan fingerprint density at radius 3 is 2.64 bits per heavy atom. The van der Waals surface area contributed by atoms with E-state index < -0.39 is 0 Å². The lowest BCUT2D eigenvalue weighted by molar-refractivity contribution is -0.126. The normalized spacial score (nSPS) is 18.0. The Hall–Kier alpha value is -2.27. The van der Waals surface area contributed by atoms with E-state index in [1.807, 2.05) is 42.5 Å². The highest BCUT2D eigenvalue weighted by molar-refractivity contribution is 5.93. The summed E-state index contributed by atoms with van der Waals surface area (Å²) < 4.78 is 5.38. The van der Waals surface area contributed by atoms with Crippen molar-refractivity contribution >= 4 is 11.7 Å². The monoisotopic (exact) mass is 297 g/mol. The van der Waals surface area contributed by atoms with E-state index in [-0.39, 0.29) is 11.8 Å². The zero-order chi connectivity index (χ0) is 15.4. The van der Waals surface area contributed by atoms with E-state index in [9.17, 15) is 4.79 Å². The first kappa shape index (κ1) is 14.7. The second-order valence-corrected chi connectivity index (χ2v) is 5.45. The number of hydrogen-bond donors (Lipinski definition) is 0. The van der Waals surface area contributed by atoms with Crippen LogP contribution in [0.3, 0.4) is 0 Å². The van der Waals surface area contributed by atoms with Gasteiger partial charge in [-0.05, 0) is 25.0 Å². The minimum Gasteiger partial charge on any atom is -0.381 e. The van der Waals surface area contributed by atoms with Gasteiger partial charge in [0, 0.05) is 19.2 Å². The molecule has 1 aliphatic rings. The predicted octanol–water partition coefficient (Wildman–Crippen LogP) is 2.53. The summed E-state index contributed by atoms with van der Waals surface area (Å²) >= 11 is 0. The van der Waals surface area contributed by atoms with Gasteiger partial charge in [-0.25, -0.2) is 0 Å². The first-order valence-electron chi connectivity index (χ1n) is 7.50. The molecule has 0 aliphatic carbocycles. The summed E-state index contributed by atoms with van der Waals surface area (Å²) in [5, 5.41) is 8.41. The van der Waals surface area contributed by atoms with Crippen molar-refractivity contribution in [3.63, 3.8) is 0 Å². The third kappa shape index (κ3) is 3.14. The minimum absolute atomic E-state index is 0.0430. The van der Waals surface area contributed by atoms with E-state index >= 15 is 0 Å². The fourth-order valence-electron chi connectivity index (χ4n) is 2.59. The molecule has 0 radical (unpaired) electrons. The maximum atomic E-state index is 12.4. The van der Waals surface area contributed by atoms with E-state index in [0.29, 0.717) is 12.4 Å². The van der Waals surface area contributed by atoms with E-state index in [1.54, 1.807) is 11.9 Å². The summed E-state index contributed by atoms with van der Waals surface area (Å²) in [6.07, 6.45) is 1.81. The number of rotatable bonds is 3. The van der Waals surface area contributed by atoms with Crippen LogP contribution in [0.15, 0.2) is 42.5 Å². The van der Waals surface area contributed by atoms with E-state index in [0.717, 1.165) is 30.7 Å². The van der Waals surface area contributed by atoms with Gasteiger partial charge in [-0.15, -0.1) is 10.2 Å². The zero-order valence-corrected chi connectivity index (χ0v) is 12.6. The number of carbonyl (C=O) groups is 1. The van der Waals surface area contributed by atoms with Gasteiger partial charge in [0.05, 0.1) is 18.2 Å². The number of hydrogen-bond acceptors (Lipinski definition) is 4. The molecule has 0 N–H and O–H groups in total. The molecule has 5 heteroatoms. The van der Waals surface area contributed by atoms with Gasteiger partial charge in [-0.1, -0.05) is 30.3 Å². The van der Waals surface area contributed by atoms with Gasteiger partial charge < -0.3 is 4.74 Å². The van der Waals surface area contributed by atoms with Crippen LogP contribution in [0.5, 0.6) is 0 Å². The molecule has 114 valence electrons. The summed E-state index contributed by atoms with van der Waals surface area (Å²) in [4.78, 5) is 14.0. The van der Waals surface area contributed by atoms with Crippen LogP contribution in [0.1, 0.15) is 12.8 Å². The number of ether oxygens (including phenoxy) is 1. The number of aromatic nitrogens is 2. The maximum Gasteiger partial charge on any atom is 0.233 e. The summed E-state index contributed by atoms with van der Waals surface area (Å²) in [6.45, 7) is 1.25. The largest absolute Gasteiger partial charge is 0.381 e. The molecule has 5 nitrogen and oxygen atoms in total. The minimum atomic E-state index is -0.0747. The number of amides is 1. The lowest BCUT2D eigenvalue weighted by atomic mass is 10.0. The Labute approximate surface area is 129 Å². The van der Waals surface area contributed by atoms with Crippen LogP contribution in [0, 0.1) is 5.92 Å². The van der Waals surface area contributed by atoms with E-state index in [4.69, 9.17) is 4.74 Å². The van der Waals surface area contributed by atoms with Crippen molar-refractivity contribution in [2.75, 3.05) is 25.2 Å². The van der Waals surface area contributed by atoms with Crippen molar-refractivity contribution < 1.29 is 9.53 Å². The SMILES string of the molecule is CN(C(=O)C1CCCOC1)c1ccc(-c2ccccc2)nn1. The molecule has 2 heterocycles. The average molecular weight is 297 g/mol. The molecule has 1 aliphatic heterocycles. The highest BCUT2D eigenvalue weighted by Gasteiger charge is 2.26. The molecule has 0 saturated carbocycles. The van der Waals surface area contributed by atoms with E-state index in [2.05, 4.69) is 10.2 Å². The summed E-state index contributed by atoms with van der Waals surface area (Å²) in [5.41, 5.74) is 1.81. The molecule has 3 rings (SSSR count). The number of carbonyl (C=O) groups excluding carboxylic acids is 1. The molecule has 1 fully saturated rings. The molecular weight excluding hydrogens is 278 g/mol. The fourth-order valence-corrected chi connectivity index (χ4v) is 2.59. The van der Waals surface area contributed by atoms with E-state index in [1.165, 1.54) is 0 Å². The molecule has 1 aromatic carbocycles. The fraction of sp³-hybridized carbons (Fsp3) is 0.353. The Balaban J connectivity index is 1.73. The van der Waals surface area contributed by atoms with Crippen LogP contribution < -0.4 is 4.90 Å². The third-order valence-corrected chi connectivity index (χ3v) is 3.90. The molecule has 0 bridgehead atoms. The Morgan fingerprint density at radius 1 is 1.18 bits per heavy atom. The summed E-state index contributed by atoms with van der Waals surface area (Å²) in [5.74, 6) is 0.533. The van der Waals surface area contributed by atoms with Gasteiger partial charge in [0.25, 0.3) is 0 Å². The second-order valence-electron chi connectivity index (χ2n) is 5.45. The van der Waals surface area contributed by atoms with Crippen LogP contribution in [-0.4, -0.2) is 36.4 Å². The van der Waals surface area contributed by atoms with Crippen molar-refractivity contribution in [3.05, 3.63) is 42.5 Å². The molecule has 1 aromatic heterocycles. The quantitative estimate of drug-likeness (QED) is 0.873. The number of benzene rings is 1. The van der Waals surface area contributed by atoms with Crippen molar-refractivity contribution in [3.8, 4) is 11.3 Å².